The molecule has 1 saturated carbocycles. The molecule has 1 aromatic carbocycles. The molecule has 0 spiro atoms. The molecule has 0 aliphatic heterocycles. The molecule has 0 unspecified atom stereocenters. The first kappa shape index (κ1) is 14.1. The smallest absolute Gasteiger partial charge is 0.146 e. The van der Waals surface area contributed by atoms with E-state index in [1.165, 1.54) is 25.7 Å². The number of halogens is 3. The SMILES string of the molecule is Fc1c(Cl)cccc1CN(CCCl)C1CCCC1. The number of alkyl halides is 1. The van der Waals surface area contributed by atoms with Crippen molar-refractivity contribution in [2.24, 2.45) is 0 Å². The average Bonchev–Trinajstić information content (AvgIpc) is 2.88. The van der Waals surface area contributed by atoms with Crippen molar-refractivity contribution in [1.82, 2.24) is 4.90 Å². The zero-order chi connectivity index (χ0) is 13.0. The van der Waals surface area contributed by atoms with Gasteiger partial charge in [-0.1, -0.05) is 36.6 Å². The van der Waals surface area contributed by atoms with Crippen LogP contribution in [0.2, 0.25) is 5.02 Å². The molecule has 4 heteroatoms. The van der Waals surface area contributed by atoms with Gasteiger partial charge < -0.3 is 0 Å². The third kappa shape index (κ3) is 3.37. The molecule has 18 heavy (non-hydrogen) atoms. The lowest BCUT2D eigenvalue weighted by Gasteiger charge is -2.28. The Bertz CT molecular complexity index is 391. The zero-order valence-corrected chi connectivity index (χ0v) is 11.9. The largest absolute Gasteiger partial charge is 0.295 e. The molecule has 100 valence electrons. The highest BCUT2D eigenvalue weighted by molar-refractivity contribution is 6.30. The molecule has 0 bridgehead atoms. The van der Waals surface area contributed by atoms with Gasteiger partial charge in [-0.3, -0.25) is 4.90 Å². The van der Waals surface area contributed by atoms with Crippen molar-refractivity contribution in [1.29, 1.82) is 0 Å². The first-order chi connectivity index (χ1) is 8.72. The van der Waals surface area contributed by atoms with Crippen LogP contribution in [0.25, 0.3) is 0 Å². The quantitative estimate of drug-likeness (QED) is 0.724. The van der Waals surface area contributed by atoms with Crippen molar-refractivity contribution in [2.45, 2.75) is 38.3 Å². The molecule has 1 nitrogen and oxygen atoms in total. The predicted octanol–water partition coefficient (Wildman–Crippen LogP) is 4.46. The summed E-state index contributed by atoms with van der Waals surface area (Å²) >= 11 is 11.7. The van der Waals surface area contributed by atoms with E-state index in [1.54, 1.807) is 18.2 Å². The lowest BCUT2D eigenvalue weighted by Crippen LogP contribution is -2.34. The minimum absolute atomic E-state index is 0.199. The Morgan fingerprint density at radius 1 is 1.28 bits per heavy atom. The highest BCUT2D eigenvalue weighted by Crippen LogP contribution is 2.26. The molecule has 1 aliphatic rings. The molecular formula is C14H18Cl2FN. The van der Waals surface area contributed by atoms with E-state index in [1.807, 2.05) is 0 Å². The second-order valence-corrected chi connectivity index (χ2v) is 5.60. The number of nitrogens with zero attached hydrogens (tertiary/aromatic N) is 1. The lowest BCUT2D eigenvalue weighted by molar-refractivity contribution is 0.199. The Hall–Kier alpha value is -0.310. The summed E-state index contributed by atoms with van der Waals surface area (Å²) < 4.78 is 13.9. The summed E-state index contributed by atoms with van der Waals surface area (Å²) in [5.74, 6) is 0.287. The highest BCUT2D eigenvalue weighted by atomic mass is 35.5. The summed E-state index contributed by atoms with van der Waals surface area (Å²) in [4.78, 5) is 2.29. The first-order valence-corrected chi connectivity index (χ1v) is 7.36. The maximum Gasteiger partial charge on any atom is 0.146 e. The molecule has 0 radical (unpaired) electrons. The Balaban J connectivity index is 2.10. The summed E-state index contributed by atoms with van der Waals surface area (Å²) in [7, 11) is 0. The van der Waals surface area contributed by atoms with E-state index in [9.17, 15) is 4.39 Å². The topological polar surface area (TPSA) is 3.24 Å². The van der Waals surface area contributed by atoms with E-state index >= 15 is 0 Å². The van der Waals surface area contributed by atoms with Gasteiger partial charge in [-0.05, 0) is 18.9 Å². The second kappa shape index (κ2) is 6.74. The van der Waals surface area contributed by atoms with Crippen molar-refractivity contribution in [3.8, 4) is 0 Å². The number of hydrogen-bond acceptors (Lipinski definition) is 1. The third-order valence-electron chi connectivity index (χ3n) is 3.62. The van der Waals surface area contributed by atoms with Gasteiger partial charge in [0.1, 0.15) is 5.82 Å². The molecule has 2 rings (SSSR count). The standard InChI is InChI=1S/C14H18Cl2FN/c15-8-9-18(12-5-1-2-6-12)10-11-4-3-7-13(16)14(11)17/h3-4,7,12H,1-2,5-6,8-10H2. The van der Waals surface area contributed by atoms with Crippen LogP contribution in [-0.2, 0) is 6.54 Å². The summed E-state index contributed by atoms with van der Waals surface area (Å²) in [6.45, 7) is 1.40. The maximum absolute atomic E-state index is 13.9. The minimum Gasteiger partial charge on any atom is -0.295 e. The van der Waals surface area contributed by atoms with Crippen LogP contribution in [-0.4, -0.2) is 23.4 Å². The van der Waals surface area contributed by atoms with Crippen molar-refractivity contribution in [3.05, 3.63) is 34.6 Å². The fourth-order valence-electron chi connectivity index (χ4n) is 2.66. The normalized spacial score (nSPS) is 16.7. The highest BCUT2D eigenvalue weighted by Gasteiger charge is 2.23. The van der Waals surface area contributed by atoms with Crippen LogP contribution < -0.4 is 0 Å². The van der Waals surface area contributed by atoms with Gasteiger partial charge >= 0.3 is 0 Å². The van der Waals surface area contributed by atoms with E-state index in [0.29, 0.717) is 24.0 Å². The van der Waals surface area contributed by atoms with Gasteiger partial charge in [-0.2, -0.15) is 0 Å². The van der Waals surface area contributed by atoms with Gasteiger partial charge in [-0.25, -0.2) is 4.39 Å². The first-order valence-electron chi connectivity index (χ1n) is 6.45. The van der Waals surface area contributed by atoms with Crippen LogP contribution in [0.1, 0.15) is 31.2 Å². The van der Waals surface area contributed by atoms with Gasteiger partial charge in [0.2, 0.25) is 0 Å². The molecular weight excluding hydrogens is 272 g/mol. The fraction of sp³-hybridized carbons (Fsp3) is 0.571. The maximum atomic E-state index is 13.9. The monoisotopic (exact) mass is 289 g/mol. The van der Waals surface area contributed by atoms with E-state index in [0.717, 1.165) is 6.54 Å². The van der Waals surface area contributed by atoms with Gasteiger partial charge in [0.05, 0.1) is 5.02 Å². The van der Waals surface area contributed by atoms with E-state index in [-0.39, 0.29) is 10.8 Å². The van der Waals surface area contributed by atoms with Crippen LogP contribution in [0.5, 0.6) is 0 Å². The van der Waals surface area contributed by atoms with Gasteiger partial charge in [0.15, 0.2) is 0 Å². The van der Waals surface area contributed by atoms with Crippen LogP contribution in [0, 0.1) is 5.82 Å². The third-order valence-corrected chi connectivity index (χ3v) is 4.08. The van der Waals surface area contributed by atoms with E-state index in [4.69, 9.17) is 23.2 Å². The molecule has 1 aromatic rings. The summed E-state index contributed by atoms with van der Waals surface area (Å²) in [5.41, 5.74) is 0.666. The molecule has 0 heterocycles. The molecule has 1 fully saturated rings. The van der Waals surface area contributed by atoms with E-state index in [2.05, 4.69) is 4.90 Å². The average molecular weight is 290 g/mol. The predicted molar refractivity (Wildman–Crippen MR) is 74.8 cm³/mol. The molecule has 0 amide bonds. The van der Waals surface area contributed by atoms with Crippen molar-refractivity contribution < 1.29 is 4.39 Å². The van der Waals surface area contributed by atoms with E-state index < -0.39 is 0 Å². The summed E-state index contributed by atoms with van der Waals surface area (Å²) in [6, 6.07) is 5.73. The summed E-state index contributed by atoms with van der Waals surface area (Å²) in [5, 5.41) is 0.199. The van der Waals surface area contributed by atoms with Gasteiger partial charge in [0.25, 0.3) is 0 Å². The Labute approximate surface area is 118 Å². The van der Waals surface area contributed by atoms with Crippen molar-refractivity contribution >= 4 is 23.2 Å². The molecule has 0 N–H and O–H groups in total. The fourth-order valence-corrected chi connectivity index (χ4v) is 3.07. The van der Waals surface area contributed by atoms with Crippen LogP contribution in [0.15, 0.2) is 18.2 Å². The lowest BCUT2D eigenvalue weighted by atomic mass is 10.1. The van der Waals surface area contributed by atoms with Crippen molar-refractivity contribution in [2.75, 3.05) is 12.4 Å². The van der Waals surface area contributed by atoms with Crippen LogP contribution in [0.3, 0.4) is 0 Å². The molecule has 1 aliphatic carbocycles. The zero-order valence-electron chi connectivity index (χ0n) is 10.3. The van der Waals surface area contributed by atoms with Crippen LogP contribution in [0.4, 0.5) is 4.39 Å². The number of benzene rings is 1. The second-order valence-electron chi connectivity index (χ2n) is 4.81. The minimum atomic E-state index is -0.295. The number of hydrogen-bond donors (Lipinski definition) is 0. The summed E-state index contributed by atoms with van der Waals surface area (Å²) in [6.07, 6.45) is 4.92. The Kier molecular flexibility index (Phi) is 5.28. The Morgan fingerprint density at radius 2 is 2.00 bits per heavy atom. The molecule has 0 aromatic heterocycles. The number of rotatable bonds is 5. The molecule has 0 saturated heterocycles. The van der Waals surface area contributed by atoms with Gasteiger partial charge in [0, 0.05) is 30.6 Å². The van der Waals surface area contributed by atoms with Crippen LogP contribution >= 0.6 is 23.2 Å². The van der Waals surface area contributed by atoms with Gasteiger partial charge in [-0.15, -0.1) is 11.6 Å². The molecule has 0 atom stereocenters. The van der Waals surface area contributed by atoms with Crippen molar-refractivity contribution in [3.63, 3.8) is 0 Å². The Morgan fingerprint density at radius 3 is 2.67 bits per heavy atom.